The third-order valence-corrected chi connectivity index (χ3v) is 4.52. The molecular weight excluding hydrogens is 456 g/mol. The van der Waals surface area contributed by atoms with Crippen molar-refractivity contribution >= 4 is 48.8 Å². The number of aliphatic carboxylic acids is 1. The lowest BCUT2D eigenvalue weighted by Gasteiger charge is -2.12. The van der Waals surface area contributed by atoms with Gasteiger partial charge in [0.1, 0.15) is 12.0 Å². The summed E-state index contributed by atoms with van der Waals surface area (Å²) in [4.78, 5) is 42.3. The van der Waals surface area contributed by atoms with Gasteiger partial charge in [0, 0.05) is 11.4 Å². The number of carboxylic acids is 1. The fraction of sp³-hybridized carbons (Fsp3) is 0.400. The summed E-state index contributed by atoms with van der Waals surface area (Å²) in [7, 11) is -4.33. The zero-order valence-corrected chi connectivity index (χ0v) is 17.2. The molecule has 0 saturated carbocycles. The zero-order chi connectivity index (χ0) is 21.9. The first-order chi connectivity index (χ1) is 13.6. The van der Waals surface area contributed by atoms with Crippen LogP contribution in [0.3, 0.4) is 0 Å². The molecule has 0 bridgehead atoms. The van der Waals surface area contributed by atoms with Gasteiger partial charge in [0.25, 0.3) is 0 Å². The summed E-state index contributed by atoms with van der Waals surface area (Å²) in [6.07, 6.45) is -1.76. The van der Waals surface area contributed by atoms with E-state index in [9.17, 15) is 23.8 Å². The molecule has 14 heteroatoms. The average molecular weight is 474 g/mol. The van der Waals surface area contributed by atoms with Gasteiger partial charge in [-0.15, -0.1) is 0 Å². The summed E-state index contributed by atoms with van der Waals surface area (Å²) in [5.41, 5.74) is 0. The Balaban J connectivity index is 2.14. The second-order valence-corrected chi connectivity index (χ2v) is 7.93. The Morgan fingerprint density at radius 3 is 2.55 bits per heavy atom. The first-order valence-electron chi connectivity index (χ1n) is 7.91. The molecule has 0 radical (unpaired) electrons. The molecule has 3 N–H and O–H groups in total. The van der Waals surface area contributed by atoms with E-state index in [4.69, 9.17) is 33.0 Å². The monoisotopic (exact) mass is 473 g/mol. The van der Waals surface area contributed by atoms with Crippen LogP contribution in [0.25, 0.3) is 0 Å². The minimum absolute atomic E-state index is 0.0228. The lowest BCUT2D eigenvalue weighted by Crippen LogP contribution is -2.27. The molecule has 1 aromatic carbocycles. The Morgan fingerprint density at radius 2 is 1.90 bits per heavy atom. The number of hydrogen-bond acceptors (Lipinski definition) is 8. The van der Waals surface area contributed by atoms with E-state index in [-0.39, 0.29) is 13.0 Å². The van der Waals surface area contributed by atoms with Gasteiger partial charge >= 0.3 is 25.6 Å². The van der Waals surface area contributed by atoms with E-state index in [0.29, 0.717) is 22.2 Å². The molecule has 162 valence electrons. The quantitative estimate of drug-likeness (QED) is 0.178. The molecule has 1 atom stereocenters. The molecule has 0 aliphatic heterocycles. The molecule has 0 saturated heterocycles. The molecule has 1 rings (SSSR count). The van der Waals surface area contributed by atoms with Crippen LogP contribution >= 0.6 is 30.8 Å². The molecule has 0 spiro atoms. The summed E-state index contributed by atoms with van der Waals surface area (Å²) in [5.74, 6) is -1.70. The summed E-state index contributed by atoms with van der Waals surface area (Å²) >= 11 is 11.7. The largest absolute Gasteiger partial charge is 0.492 e. The van der Waals surface area contributed by atoms with Crippen LogP contribution in [0.15, 0.2) is 18.2 Å². The Bertz CT molecular complexity index is 775. The van der Waals surface area contributed by atoms with Gasteiger partial charge < -0.3 is 29.5 Å². The highest BCUT2D eigenvalue weighted by molar-refractivity contribution is 7.52. The Morgan fingerprint density at radius 1 is 1.17 bits per heavy atom. The second kappa shape index (κ2) is 12.5. The van der Waals surface area contributed by atoms with Crippen LogP contribution in [0.1, 0.15) is 12.8 Å². The molecule has 1 amide bonds. The maximum atomic E-state index is 11.5. The van der Waals surface area contributed by atoms with Crippen molar-refractivity contribution in [2.24, 2.45) is 0 Å². The van der Waals surface area contributed by atoms with E-state index in [2.05, 4.69) is 14.0 Å². The number of carbonyl (C=O) groups excluding carboxylic acids is 2. The predicted octanol–water partition coefficient (Wildman–Crippen LogP) is 2.62. The second-order valence-electron chi connectivity index (χ2n) is 5.23. The maximum absolute atomic E-state index is 11.5. The van der Waals surface area contributed by atoms with Crippen LogP contribution in [0.5, 0.6) is 5.75 Å². The predicted molar refractivity (Wildman–Crippen MR) is 100 cm³/mol. The maximum Gasteiger partial charge on any atom is 0.410 e. The SMILES string of the molecule is O=C(O)COP(=O)(O)CNC(=O)OCOC(=O)CCCOc1ccc(Cl)cc1Cl. The molecular formula is C15H18Cl2NO10P. The third-order valence-electron chi connectivity index (χ3n) is 2.90. The highest BCUT2D eigenvalue weighted by Gasteiger charge is 2.22. The first kappa shape index (κ1) is 25.0. The van der Waals surface area contributed by atoms with Gasteiger partial charge in [-0.3, -0.25) is 13.9 Å². The molecule has 29 heavy (non-hydrogen) atoms. The topological polar surface area (TPSA) is 158 Å². The molecule has 0 fully saturated rings. The Kier molecular flexibility index (Phi) is 10.8. The van der Waals surface area contributed by atoms with Gasteiger partial charge in [-0.05, 0) is 24.6 Å². The van der Waals surface area contributed by atoms with Crippen molar-refractivity contribution in [1.29, 1.82) is 0 Å². The van der Waals surface area contributed by atoms with Crippen LogP contribution < -0.4 is 10.1 Å². The Hall–Kier alpha value is -2.04. The van der Waals surface area contributed by atoms with Crippen LogP contribution in [0.4, 0.5) is 4.79 Å². The molecule has 0 heterocycles. The summed E-state index contributed by atoms with van der Waals surface area (Å²) < 4.78 is 30.1. The lowest BCUT2D eigenvalue weighted by atomic mass is 10.3. The van der Waals surface area contributed by atoms with Crippen molar-refractivity contribution in [2.45, 2.75) is 12.8 Å². The summed E-state index contributed by atoms with van der Waals surface area (Å²) in [6, 6.07) is 4.71. The zero-order valence-electron chi connectivity index (χ0n) is 14.8. The number of nitrogens with one attached hydrogen (secondary N) is 1. The van der Waals surface area contributed by atoms with Crippen LogP contribution in [0, 0.1) is 0 Å². The number of rotatable bonds is 12. The van der Waals surface area contributed by atoms with Gasteiger partial charge in [0.2, 0.25) is 6.79 Å². The molecule has 1 aromatic rings. The van der Waals surface area contributed by atoms with Crippen LogP contribution in [0.2, 0.25) is 10.0 Å². The fourth-order valence-corrected chi connectivity index (χ4v) is 2.82. The highest BCUT2D eigenvalue weighted by Crippen LogP contribution is 2.39. The molecule has 0 aromatic heterocycles. The normalized spacial score (nSPS) is 12.5. The van der Waals surface area contributed by atoms with E-state index < -0.39 is 45.3 Å². The smallest absolute Gasteiger partial charge is 0.410 e. The van der Waals surface area contributed by atoms with E-state index in [1.54, 1.807) is 12.1 Å². The van der Waals surface area contributed by atoms with Crippen LogP contribution in [-0.2, 0) is 28.2 Å². The molecule has 0 aliphatic rings. The van der Waals surface area contributed by atoms with Gasteiger partial charge in [-0.2, -0.15) is 0 Å². The Labute approximate surface area is 175 Å². The van der Waals surface area contributed by atoms with Gasteiger partial charge in [0.15, 0.2) is 6.61 Å². The third kappa shape index (κ3) is 11.5. The van der Waals surface area contributed by atoms with Crippen LogP contribution in [-0.4, -0.2) is 54.3 Å². The van der Waals surface area contributed by atoms with E-state index >= 15 is 0 Å². The number of alkyl carbamates (subject to hydrolysis) is 1. The average Bonchev–Trinajstić information content (AvgIpc) is 2.63. The number of halogens is 2. The first-order valence-corrected chi connectivity index (χ1v) is 10.4. The number of amides is 1. The number of esters is 1. The minimum atomic E-state index is -4.33. The number of ether oxygens (including phenoxy) is 3. The molecule has 0 aliphatic carbocycles. The fourth-order valence-electron chi connectivity index (χ4n) is 1.63. The van der Waals surface area contributed by atoms with E-state index in [0.717, 1.165) is 0 Å². The van der Waals surface area contributed by atoms with Gasteiger partial charge in [-0.25, -0.2) is 9.59 Å². The molecule has 11 nitrogen and oxygen atoms in total. The number of hydrogen-bond donors (Lipinski definition) is 3. The van der Waals surface area contributed by atoms with Crippen molar-refractivity contribution in [3.8, 4) is 5.75 Å². The van der Waals surface area contributed by atoms with Gasteiger partial charge in [-0.1, -0.05) is 23.2 Å². The van der Waals surface area contributed by atoms with Crippen molar-refractivity contribution < 1.29 is 47.7 Å². The van der Waals surface area contributed by atoms with Crippen molar-refractivity contribution in [1.82, 2.24) is 5.32 Å². The van der Waals surface area contributed by atoms with E-state index in [1.807, 2.05) is 5.32 Å². The minimum Gasteiger partial charge on any atom is -0.492 e. The summed E-state index contributed by atoms with van der Waals surface area (Å²) in [6.45, 7) is -1.55. The number of carboxylic acid groups (broad SMARTS) is 1. The van der Waals surface area contributed by atoms with Crippen molar-refractivity contribution in [2.75, 3.05) is 26.3 Å². The number of carbonyl (C=O) groups is 3. The lowest BCUT2D eigenvalue weighted by molar-refractivity contribution is -0.152. The van der Waals surface area contributed by atoms with Gasteiger partial charge in [0.05, 0.1) is 11.6 Å². The van der Waals surface area contributed by atoms with Crippen molar-refractivity contribution in [3.05, 3.63) is 28.2 Å². The van der Waals surface area contributed by atoms with E-state index in [1.165, 1.54) is 6.07 Å². The number of benzene rings is 1. The van der Waals surface area contributed by atoms with Crippen molar-refractivity contribution in [3.63, 3.8) is 0 Å². The highest BCUT2D eigenvalue weighted by atomic mass is 35.5. The summed E-state index contributed by atoms with van der Waals surface area (Å²) in [5, 5.41) is 11.0. The molecule has 1 unspecified atom stereocenters. The standard InChI is InChI=1S/C15H18Cl2NO10P/c16-10-3-4-12(11(17)6-10)25-5-1-2-14(21)26-9-27-15(22)18-8-29(23,24)28-7-13(19)20/h3-4,6H,1-2,5,7-9H2,(H,18,22)(H,19,20)(H,23,24).